The number of rotatable bonds is 4. The number of benzene rings is 1. The molecule has 2 unspecified atom stereocenters. The molecular weight excluding hydrogens is 299 g/mol. The van der Waals surface area contributed by atoms with Gasteiger partial charge in [-0.1, -0.05) is 49.4 Å². The lowest BCUT2D eigenvalue weighted by molar-refractivity contribution is -0.383. The van der Waals surface area contributed by atoms with Crippen LogP contribution in [0, 0.1) is 22.0 Å². The van der Waals surface area contributed by atoms with Crippen LogP contribution in [-0.2, 0) is 0 Å². The van der Waals surface area contributed by atoms with Crippen molar-refractivity contribution < 1.29 is 4.92 Å². The highest BCUT2D eigenvalue weighted by atomic mass is 35.5. The summed E-state index contributed by atoms with van der Waals surface area (Å²) in [5, 5.41) is 14.8. The van der Waals surface area contributed by atoms with E-state index in [-0.39, 0.29) is 10.7 Å². The summed E-state index contributed by atoms with van der Waals surface area (Å²) in [5.74, 6) is 1.20. The van der Waals surface area contributed by atoms with Gasteiger partial charge >= 0.3 is 0 Å². The SMILES string of the molecule is CC1CCCCC1CNc1cc(Cl)c(Cl)cc1[N+](=O)[O-]. The Morgan fingerprint density at radius 1 is 1.30 bits per heavy atom. The van der Waals surface area contributed by atoms with Gasteiger partial charge in [-0.2, -0.15) is 0 Å². The molecule has 0 amide bonds. The lowest BCUT2D eigenvalue weighted by Crippen LogP contribution is -2.24. The topological polar surface area (TPSA) is 55.2 Å². The quantitative estimate of drug-likeness (QED) is 0.618. The van der Waals surface area contributed by atoms with Crippen molar-refractivity contribution >= 4 is 34.6 Å². The van der Waals surface area contributed by atoms with Crippen molar-refractivity contribution in [3.63, 3.8) is 0 Å². The molecule has 1 aliphatic rings. The molecule has 2 rings (SSSR count). The van der Waals surface area contributed by atoms with Crippen LogP contribution >= 0.6 is 23.2 Å². The van der Waals surface area contributed by atoms with Gasteiger partial charge in [-0.25, -0.2) is 0 Å². The first kappa shape index (κ1) is 15.4. The van der Waals surface area contributed by atoms with Crippen molar-refractivity contribution in [1.29, 1.82) is 0 Å². The fourth-order valence-electron chi connectivity index (χ4n) is 2.77. The molecule has 0 saturated heterocycles. The van der Waals surface area contributed by atoms with Crippen LogP contribution in [0.15, 0.2) is 12.1 Å². The molecule has 0 aliphatic heterocycles. The normalized spacial score (nSPS) is 22.6. The molecule has 0 radical (unpaired) electrons. The van der Waals surface area contributed by atoms with Crippen LogP contribution in [-0.4, -0.2) is 11.5 Å². The minimum absolute atomic E-state index is 0.0251. The molecule has 0 heterocycles. The number of hydrogen-bond donors (Lipinski definition) is 1. The maximum absolute atomic E-state index is 11.1. The van der Waals surface area contributed by atoms with Crippen LogP contribution in [0.5, 0.6) is 0 Å². The van der Waals surface area contributed by atoms with Crippen LogP contribution in [0.1, 0.15) is 32.6 Å². The fourth-order valence-corrected chi connectivity index (χ4v) is 3.09. The maximum atomic E-state index is 11.1. The Morgan fingerprint density at radius 2 is 1.95 bits per heavy atom. The predicted molar refractivity (Wildman–Crippen MR) is 82.7 cm³/mol. The third kappa shape index (κ3) is 3.55. The second kappa shape index (κ2) is 6.64. The average Bonchev–Trinajstić information content (AvgIpc) is 2.41. The summed E-state index contributed by atoms with van der Waals surface area (Å²) >= 11 is 11.8. The lowest BCUT2D eigenvalue weighted by atomic mass is 9.80. The van der Waals surface area contributed by atoms with E-state index in [0.717, 1.165) is 6.54 Å². The molecule has 1 aromatic carbocycles. The van der Waals surface area contributed by atoms with Crippen molar-refractivity contribution in [1.82, 2.24) is 0 Å². The summed E-state index contributed by atoms with van der Waals surface area (Å²) in [7, 11) is 0. The minimum Gasteiger partial charge on any atom is -0.379 e. The minimum atomic E-state index is -0.436. The standard InChI is InChI=1S/C14H18Cl2N2O2/c1-9-4-2-3-5-10(9)8-17-13-6-11(15)12(16)7-14(13)18(19)20/h6-7,9-10,17H,2-5,8H2,1H3. The molecule has 4 nitrogen and oxygen atoms in total. The zero-order valence-corrected chi connectivity index (χ0v) is 12.9. The summed E-state index contributed by atoms with van der Waals surface area (Å²) in [6.07, 6.45) is 4.92. The molecule has 20 heavy (non-hydrogen) atoms. The highest BCUT2D eigenvalue weighted by Crippen LogP contribution is 2.35. The van der Waals surface area contributed by atoms with E-state index in [1.807, 2.05) is 0 Å². The molecule has 110 valence electrons. The zero-order chi connectivity index (χ0) is 14.7. The molecule has 2 atom stereocenters. The Kier molecular flexibility index (Phi) is 5.11. The lowest BCUT2D eigenvalue weighted by Gasteiger charge is -2.29. The van der Waals surface area contributed by atoms with Crippen LogP contribution < -0.4 is 5.32 Å². The van der Waals surface area contributed by atoms with Gasteiger partial charge in [0.05, 0.1) is 15.0 Å². The van der Waals surface area contributed by atoms with Crippen molar-refractivity contribution in [3.8, 4) is 0 Å². The Labute approximate surface area is 128 Å². The van der Waals surface area contributed by atoms with E-state index in [2.05, 4.69) is 12.2 Å². The van der Waals surface area contributed by atoms with E-state index in [1.54, 1.807) is 0 Å². The van der Waals surface area contributed by atoms with Gasteiger partial charge in [-0.15, -0.1) is 0 Å². The number of nitrogens with zero attached hydrogens (tertiary/aromatic N) is 1. The van der Waals surface area contributed by atoms with E-state index in [1.165, 1.54) is 37.8 Å². The first-order valence-corrected chi connectivity index (χ1v) is 7.62. The number of halogens is 2. The molecule has 0 bridgehead atoms. The zero-order valence-electron chi connectivity index (χ0n) is 11.4. The first-order chi connectivity index (χ1) is 9.49. The summed E-state index contributed by atoms with van der Waals surface area (Å²) < 4.78 is 0. The summed E-state index contributed by atoms with van der Waals surface area (Å²) in [6, 6.07) is 2.84. The molecule has 0 spiro atoms. The third-order valence-corrected chi connectivity index (χ3v) is 4.80. The highest BCUT2D eigenvalue weighted by molar-refractivity contribution is 6.42. The van der Waals surface area contributed by atoms with Gasteiger partial charge < -0.3 is 5.32 Å². The predicted octanol–water partition coefficient (Wildman–Crippen LogP) is 5.14. The van der Waals surface area contributed by atoms with Crippen LogP contribution in [0.3, 0.4) is 0 Å². The summed E-state index contributed by atoms with van der Waals surface area (Å²) in [6.45, 7) is 2.98. The Balaban J connectivity index is 2.12. The van der Waals surface area contributed by atoms with Crippen molar-refractivity contribution in [2.24, 2.45) is 11.8 Å². The van der Waals surface area contributed by atoms with Crippen molar-refractivity contribution in [2.45, 2.75) is 32.6 Å². The average molecular weight is 317 g/mol. The van der Waals surface area contributed by atoms with E-state index in [0.29, 0.717) is 22.5 Å². The summed E-state index contributed by atoms with van der Waals surface area (Å²) in [4.78, 5) is 10.6. The number of hydrogen-bond acceptors (Lipinski definition) is 3. The first-order valence-electron chi connectivity index (χ1n) is 6.86. The van der Waals surface area contributed by atoms with Gasteiger partial charge in [0.25, 0.3) is 5.69 Å². The summed E-state index contributed by atoms with van der Waals surface area (Å²) in [5.41, 5.74) is 0.421. The van der Waals surface area contributed by atoms with Gasteiger partial charge in [0, 0.05) is 12.6 Å². The molecule has 1 fully saturated rings. The van der Waals surface area contributed by atoms with Crippen LogP contribution in [0.4, 0.5) is 11.4 Å². The van der Waals surface area contributed by atoms with Crippen LogP contribution in [0.2, 0.25) is 10.0 Å². The van der Waals surface area contributed by atoms with Gasteiger partial charge in [0.1, 0.15) is 5.69 Å². The monoisotopic (exact) mass is 316 g/mol. The van der Waals surface area contributed by atoms with Gasteiger partial charge in [-0.3, -0.25) is 10.1 Å². The number of nitro benzene ring substituents is 1. The number of nitrogens with one attached hydrogen (secondary N) is 1. The molecule has 0 aromatic heterocycles. The Hall–Kier alpha value is -1.00. The van der Waals surface area contributed by atoms with Crippen molar-refractivity contribution in [3.05, 3.63) is 32.3 Å². The maximum Gasteiger partial charge on any atom is 0.293 e. The largest absolute Gasteiger partial charge is 0.379 e. The van der Waals surface area contributed by atoms with E-state index in [9.17, 15) is 10.1 Å². The second-order valence-electron chi connectivity index (χ2n) is 5.44. The fraction of sp³-hybridized carbons (Fsp3) is 0.571. The molecule has 1 aromatic rings. The highest BCUT2D eigenvalue weighted by Gasteiger charge is 2.23. The number of anilines is 1. The number of nitro groups is 1. The van der Waals surface area contributed by atoms with Gasteiger partial charge in [-0.05, 0) is 24.3 Å². The van der Waals surface area contributed by atoms with Gasteiger partial charge in [0.15, 0.2) is 0 Å². The molecule has 1 aliphatic carbocycles. The Morgan fingerprint density at radius 3 is 2.60 bits per heavy atom. The molecule has 1 N–H and O–H groups in total. The molecular formula is C14H18Cl2N2O2. The van der Waals surface area contributed by atoms with E-state index < -0.39 is 4.92 Å². The van der Waals surface area contributed by atoms with E-state index >= 15 is 0 Å². The van der Waals surface area contributed by atoms with Crippen molar-refractivity contribution in [2.75, 3.05) is 11.9 Å². The van der Waals surface area contributed by atoms with Gasteiger partial charge in [0.2, 0.25) is 0 Å². The third-order valence-electron chi connectivity index (χ3n) is 4.08. The molecule has 1 saturated carbocycles. The van der Waals surface area contributed by atoms with Crippen LogP contribution in [0.25, 0.3) is 0 Å². The van der Waals surface area contributed by atoms with E-state index in [4.69, 9.17) is 23.2 Å². The Bertz CT molecular complexity index is 508. The smallest absolute Gasteiger partial charge is 0.293 e. The second-order valence-corrected chi connectivity index (χ2v) is 6.26. The molecule has 6 heteroatoms.